The van der Waals surface area contributed by atoms with Crippen LogP contribution in [-0.2, 0) is 4.57 Å². The van der Waals surface area contributed by atoms with Gasteiger partial charge < -0.3 is 31.5 Å². The predicted molar refractivity (Wildman–Crippen MR) is 72.6 cm³/mol. The highest BCUT2D eigenvalue weighted by molar-refractivity contribution is 7.45. The van der Waals surface area contributed by atoms with Crippen molar-refractivity contribution in [1.82, 2.24) is 15.0 Å². The van der Waals surface area contributed by atoms with Gasteiger partial charge in [0.25, 0.3) is 0 Å². The van der Waals surface area contributed by atoms with E-state index in [0.717, 1.165) is 5.69 Å². The zero-order chi connectivity index (χ0) is 15.2. The van der Waals surface area contributed by atoms with Gasteiger partial charge in [-0.2, -0.15) is 15.0 Å². The van der Waals surface area contributed by atoms with Gasteiger partial charge in [0.15, 0.2) is 0 Å². The molecule has 1 aromatic heterocycles. The van der Waals surface area contributed by atoms with Crippen molar-refractivity contribution in [3.05, 3.63) is 30.3 Å². The molecule has 0 fully saturated rings. The van der Waals surface area contributed by atoms with E-state index in [1.807, 2.05) is 30.3 Å². The minimum atomic E-state index is -4.64. The molecule has 0 saturated heterocycles. The van der Waals surface area contributed by atoms with E-state index in [2.05, 4.69) is 20.3 Å². The first-order valence-corrected chi connectivity index (χ1v) is 6.68. The minimum Gasteiger partial charge on any atom is -0.368 e. The number of nitrogens with two attached hydrogens (primary N) is 2. The normalized spacial score (nSPS) is 10.3. The minimum absolute atomic E-state index is 0.0981. The number of benzene rings is 1. The summed E-state index contributed by atoms with van der Waals surface area (Å²) in [5.74, 6) is 0.535. The first-order chi connectivity index (χ1) is 9.24. The largest absolute Gasteiger partial charge is 0.466 e. The van der Waals surface area contributed by atoms with Gasteiger partial charge >= 0.3 is 7.82 Å². The summed E-state index contributed by atoms with van der Waals surface area (Å²) >= 11 is 0. The van der Waals surface area contributed by atoms with Crippen molar-refractivity contribution in [2.24, 2.45) is 0 Å². The maximum Gasteiger partial charge on any atom is 0.466 e. The fraction of sp³-hybridized carbons (Fsp3) is 0. The van der Waals surface area contributed by atoms with Crippen LogP contribution in [0.15, 0.2) is 30.3 Å². The third-order valence-corrected chi connectivity index (χ3v) is 1.70. The lowest BCUT2D eigenvalue weighted by Gasteiger charge is -2.04. The first-order valence-electron chi connectivity index (χ1n) is 5.11. The molecule has 0 amide bonds. The van der Waals surface area contributed by atoms with Crippen molar-refractivity contribution in [1.29, 1.82) is 0 Å². The molecule has 0 saturated carbocycles. The summed E-state index contributed by atoms with van der Waals surface area (Å²) in [4.78, 5) is 33.0. The van der Waals surface area contributed by atoms with Gasteiger partial charge in [0.2, 0.25) is 17.8 Å². The van der Waals surface area contributed by atoms with Crippen LogP contribution in [-0.4, -0.2) is 29.6 Å². The Morgan fingerprint density at radius 1 is 0.950 bits per heavy atom. The number of aromatic nitrogens is 3. The molecule has 0 aliphatic heterocycles. The van der Waals surface area contributed by atoms with Gasteiger partial charge in [-0.25, -0.2) is 4.57 Å². The standard InChI is InChI=1S/C9H10N6.H3O4P/c10-7-13-8(11)15-9(14-7)12-6-4-2-1-3-5-6;1-5(2,3)4/h1-5H,(H5,10,11,12,13,14,15);(H3,1,2,3,4). The van der Waals surface area contributed by atoms with Gasteiger partial charge in [-0.1, -0.05) is 18.2 Å². The summed E-state index contributed by atoms with van der Waals surface area (Å²) in [6.45, 7) is 0. The molecular formula is C9H13N6O4P. The molecule has 1 aromatic carbocycles. The molecule has 0 radical (unpaired) electrons. The quantitative estimate of drug-likeness (QED) is 0.408. The van der Waals surface area contributed by atoms with E-state index in [9.17, 15) is 0 Å². The summed E-state index contributed by atoms with van der Waals surface area (Å²) < 4.78 is 8.88. The van der Waals surface area contributed by atoms with E-state index in [-0.39, 0.29) is 11.9 Å². The fourth-order valence-corrected chi connectivity index (χ4v) is 1.12. The Kier molecular flexibility index (Phi) is 5.35. The summed E-state index contributed by atoms with van der Waals surface area (Å²) in [7, 11) is -4.64. The molecule has 108 valence electrons. The van der Waals surface area contributed by atoms with Crippen LogP contribution in [0.1, 0.15) is 0 Å². The van der Waals surface area contributed by atoms with Crippen LogP contribution in [0.3, 0.4) is 0 Å². The number of hydrogen-bond acceptors (Lipinski definition) is 7. The van der Waals surface area contributed by atoms with Crippen molar-refractivity contribution < 1.29 is 19.2 Å². The molecule has 0 bridgehead atoms. The second-order valence-corrected chi connectivity index (χ2v) is 4.41. The summed E-state index contributed by atoms with van der Waals surface area (Å²) in [6, 6.07) is 9.49. The van der Waals surface area contributed by atoms with Gasteiger partial charge in [-0.3, -0.25) is 0 Å². The Hall–Kier alpha value is -2.26. The number of hydrogen-bond donors (Lipinski definition) is 6. The third kappa shape index (κ3) is 7.24. The van der Waals surface area contributed by atoms with Gasteiger partial charge in [-0.15, -0.1) is 0 Å². The number of nitrogens with zero attached hydrogens (tertiary/aromatic N) is 3. The van der Waals surface area contributed by atoms with Crippen LogP contribution in [0.25, 0.3) is 0 Å². The Labute approximate surface area is 113 Å². The molecule has 11 heteroatoms. The average molecular weight is 300 g/mol. The molecule has 2 rings (SSSR count). The second-order valence-electron chi connectivity index (χ2n) is 3.38. The monoisotopic (exact) mass is 300 g/mol. The highest BCUT2D eigenvalue weighted by Crippen LogP contribution is 2.25. The Morgan fingerprint density at radius 2 is 1.40 bits per heavy atom. The molecule has 0 unspecified atom stereocenters. The van der Waals surface area contributed by atoms with Crippen LogP contribution in [0.2, 0.25) is 0 Å². The predicted octanol–water partition coefficient (Wildman–Crippen LogP) is -0.149. The molecule has 0 aliphatic rings. The number of nitrogen functional groups attached to an aromatic ring is 2. The number of nitrogens with one attached hydrogen (secondary N) is 1. The van der Waals surface area contributed by atoms with E-state index < -0.39 is 7.82 Å². The molecule has 2 aromatic rings. The van der Waals surface area contributed by atoms with Gasteiger partial charge in [0.05, 0.1) is 0 Å². The number of phosphoric acid groups is 1. The number of para-hydroxylation sites is 1. The van der Waals surface area contributed by atoms with Crippen molar-refractivity contribution in [3.8, 4) is 0 Å². The zero-order valence-corrected chi connectivity index (χ0v) is 11.0. The van der Waals surface area contributed by atoms with Crippen LogP contribution in [0, 0.1) is 0 Å². The molecule has 0 atom stereocenters. The van der Waals surface area contributed by atoms with Crippen molar-refractivity contribution in [3.63, 3.8) is 0 Å². The molecule has 0 spiro atoms. The third-order valence-electron chi connectivity index (χ3n) is 1.70. The smallest absolute Gasteiger partial charge is 0.368 e. The lowest BCUT2D eigenvalue weighted by atomic mass is 10.3. The van der Waals surface area contributed by atoms with Crippen molar-refractivity contribution in [2.75, 3.05) is 16.8 Å². The zero-order valence-electron chi connectivity index (χ0n) is 10.1. The Bertz CT molecular complexity index is 576. The molecule has 0 aliphatic carbocycles. The van der Waals surface area contributed by atoms with E-state index in [1.165, 1.54) is 0 Å². The maximum atomic E-state index is 8.88. The van der Waals surface area contributed by atoms with Crippen LogP contribution in [0.4, 0.5) is 23.5 Å². The van der Waals surface area contributed by atoms with E-state index >= 15 is 0 Å². The average Bonchev–Trinajstić information content (AvgIpc) is 2.26. The second kappa shape index (κ2) is 6.78. The molecule has 20 heavy (non-hydrogen) atoms. The van der Waals surface area contributed by atoms with E-state index in [0.29, 0.717) is 5.95 Å². The lowest BCUT2D eigenvalue weighted by molar-refractivity contribution is 0.275. The van der Waals surface area contributed by atoms with E-state index in [1.54, 1.807) is 0 Å². The highest BCUT2D eigenvalue weighted by Gasteiger charge is 2.01. The Balaban J connectivity index is 0.000000347. The van der Waals surface area contributed by atoms with E-state index in [4.69, 9.17) is 30.7 Å². The number of rotatable bonds is 2. The van der Waals surface area contributed by atoms with Gasteiger partial charge in [0.1, 0.15) is 0 Å². The molecule has 8 N–H and O–H groups in total. The SMILES string of the molecule is Nc1nc(N)nc(Nc2ccccc2)n1.O=P(O)(O)O. The molecular weight excluding hydrogens is 287 g/mol. The lowest BCUT2D eigenvalue weighted by Crippen LogP contribution is -2.06. The summed E-state index contributed by atoms with van der Waals surface area (Å²) in [5.41, 5.74) is 11.7. The van der Waals surface area contributed by atoms with Gasteiger partial charge in [-0.05, 0) is 12.1 Å². The molecule has 10 nitrogen and oxygen atoms in total. The van der Waals surface area contributed by atoms with Crippen molar-refractivity contribution >= 4 is 31.4 Å². The number of anilines is 4. The van der Waals surface area contributed by atoms with Crippen LogP contribution >= 0.6 is 7.82 Å². The summed E-state index contributed by atoms with van der Waals surface area (Å²) in [5, 5.41) is 2.96. The van der Waals surface area contributed by atoms with Crippen LogP contribution in [0.5, 0.6) is 0 Å². The first kappa shape index (κ1) is 15.8. The molecule has 1 heterocycles. The Morgan fingerprint density at radius 3 is 1.85 bits per heavy atom. The van der Waals surface area contributed by atoms with Crippen LogP contribution < -0.4 is 16.8 Å². The maximum absolute atomic E-state index is 8.88. The van der Waals surface area contributed by atoms with Gasteiger partial charge in [0, 0.05) is 5.69 Å². The fourth-order valence-electron chi connectivity index (χ4n) is 1.12. The highest BCUT2D eigenvalue weighted by atomic mass is 31.2. The summed E-state index contributed by atoms with van der Waals surface area (Å²) in [6.07, 6.45) is 0. The topological polar surface area (TPSA) is 180 Å². The van der Waals surface area contributed by atoms with Crippen molar-refractivity contribution in [2.45, 2.75) is 0 Å².